The van der Waals surface area contributed by atoms with Crippen LogP contribution in [0.15, 0.2) is 0 Å². The lowest BCUT2D eigenvalue weighted by atomic mass is 9.93. The smallest absolute Gasteiger partial charge is 0.393 e. The maximum atomic E-state index is 12.7. The van der Waals surface area contributed by atoms with Crippen LogP contribution >= 0.6 is 0 Å². The first kappa shape index (κ1) is 17.3. The van der Waals surface area contributed by atoms with Gasteiger partial charge in [-0.2, -0.15) is 13.2 Å². The lowest BCUT2D eigenvalue weighted by Crippen LogP contribution is -2.57. The quantitative estimate of drug-likeness (QED) is 0.811. The van der Waals surface area contributed by atoms with Crippen LogP contribution in [0.3, 0.4) is 0 Å². The van der Waals surface area contributed by atoms with E-state index in [1.807, 2.05) is 0 Å². The van der Waals surface area contributed by atoms with Gasteiger partial charge < -0.3 is 15.3 Å². The summed E-state index contributed by atoms with van der Waals surface area (Å²) in [5.41, 5.74) is 0. The first-order valence-corrected chi connectivity index (χ1v) is 7.81. The van der Waals surface area contributed by atoms with E-state index in [9.17, 15) is 23.1 Å². The van der Waals surface area contributed by atoms with Crippen molar-refractivity contribution in [2.24, 2.45) is 0 Å². The van der Waals surface area contributed by atoms with Crippen LogP contribution in [0.5, 0.6) is 0 Å². The molecule has 22 heavy (non-hydrogen) atoms. The molecule has 0 radical (unpaired) electrons. The molecule has 2 rings (SSSR count). The molecule has 1 saturated carbocycles. The van der Waals surface area contributed by atoms with Crippen LogP contribution in [0.1, 0.15) is 32.6 Å². The fraction of sp³-hybridized carbons (Fsp3) is 0.929. The highest BCUT2D eigenvalue weighted by Crippen LogP contribution is 2.25. The van der Waals surface area contributed by atoms with Crippen molar-refractivity contribution in [3.05, 3.63) is 0 Å². The Morgan fingerprint density at radius 3 is 2.18 bits per heavy atom. The lowest BCUT2D eigenvalue weighted by molar-refractivity contribution is -0.181. The molecule has 2 fully saturated rings. The summed E-state index contributed by atoms with van der Waals surface area (Å²) < 4.78 is 38.0. The first-order valence-electron chi connectivity index (χ1n) is 7.81. The summed E-state index contributed by atoms with van der Waals surface area (Å²) in [5, 5.41) is 12.4. The second-order valence-corrected chi connectivity index (χ2v) is 6.20. The number of halogens is 3. The summed E-state index contributed by atoms with van der Waals surface area (Å²) in [6, 6.07) is -1.62. The number of amides is 2. The molecule has 128 valence electrons. The van der Waals surface area contributed by atoms with Crippen LogP contribution in [0, 0.1) is 0 Å². The number of hydrogen-bond acceptors (Lipinski definition) is 3. The molecule has 5 nitrogen and oxygen atoms in total. The normalized spacial score (nSPS) is 29.2. The Labute approximate surface area is 128 Å². The Morgan fingerprint density at radius 1 is 1.14 bits per heavy atom. The average Bonchev–Trinajstić information content (AvgIpc) is 2.48. The SMILES string of the molecule is CC(N1CCN(C(=O)NC2CCC(O)CC2)CC1)C(F)(F)F. The number of carbonyl (C=O) groups is 1. The minimum atomic E-state index is -4.23. The highest BCUT2D eigenvalue weighted by Gasteiger charge is 2.41. The van der Waals surface area contributed by atoms with Crippen LogP contribution in [-0.2, 0) is 0 Å². The van der Waals surface area contributed by atoms with E-state index in [4.69, 9.17) is 0 Å². The maximum absolute atomic E-state index is 12.7. The number of nitrogens with one attached hydrogen (secondary N) is 1. The summed E-state index contributed by atoms with van der Waals surface area (Å²) in [6.07, 6.45) is -1.65. The topological polar surface area (TPSA) is 55.8 Å². The average molecular weight is 323 g/mol. The van der Waals surface area contributed by atoms with Crippen LogP contribution in [-0.4, -0.2) is 71.5 Å². The van der Waals surface area contributed by atoms with E-state index in [1.54, 1.807) is 4.90 Å². The van der Waals surface area contributed by atoms with Gasteiger partial charge >= 0.3 is 12.2 Å². The summed E-state index contributed by atoms with van der Waals surface area (Å²) in [6.45, 7) is 2.24. The van der Waals surface area contributed by atoms with Gasteiger partial charge in [-0.1, -0.05) is 0 Å². The van der Waals surface area contributed by atoms with Gasteiger partial charge in [-0.25, -0.2) is 4.79 Å². The van der Waals surface area contributed by atoms with Gasteiger partial charge in [0.05, 0.1) is 6.10 Å². The minimum absolute atomic E-state index is 0.0584. The minimum Gasteiger partial charge on any atom is -0.393 e. The molecule has 0 aromatic rings. The molecule has 0 aromatic heterocycles. The molecule has 2 aliphatic rings. The molecular formula is C14H24F3N3O2. The summed E-state index contributed by atoms with van der Waals surface area (Å²) in [7, 11) is 0. The fourth-order valence-electron chi connectivity index (χ4n) is 3.01. The van der Waals surface area contributed by atoms with Crippen molar-refractivity contribution in [2.45, 2.75) is 57.0 Å². The lowest BCUT2D eigenvalue weighted by Gasteiger charge is -2.39. The Hall–Kier alpha value is -1.02. The van der Waals surface area contributed by atoms with Crippen molar-refractivity contribution in [1.29, 1.82) is 0 Å². The number of nitrogens with zero attached hydrogens (tertiary/aromatic N) is 2. The first-order chi connectivity index (χ1) is 10.3. The third-order valence-corrected chi connectivity index (χ3v) is 4.65. The predicted molar refractivity (Wildman–Crippen MR) is 75.5 cm³/mol. The predicted octanol–water partition coefficient (Wildman–Crippen LogP) is 1.57. The van der Waals surface area contributed by atoms with Gasteiger partial charge in [-0.05, 0) is 32.6 Å². The Kier molecular flexibility index (Phi) is 5.55. The Balaban J connectivity index is 1.75. The molecule has 0 spiro atoms. The summed E-state index contributed by atoms with van der Waals surface area (Å²) in [4.78, 5) is 15.1. The Bertz CT molecular complexity index is 376. The number of carbonyl (C=O) groups excluding carboxylic acids is 1. The van der Waals surface area contributed by atoms with Gasteiger partial charge in [0.25, 0.3) is 0 Å². The molecule has 8 heteroatoms. The molecule has 0 bridgehead atoms. The molecule has 1 saturated heterocycles. The van der Waals surface area contributed by atoms with Gasteiger partial charge in [0.1, 0.15) is 6.04 Å². The van der Waals surface area contributed by atoms with Crippen LogP contribution in [0.25, 0.3) is 0 Å². The van der Waals surface area contributed by atoms with Crippen LogP contribution in [0.2, 0.25) is 0 Å². The molecule has 1 heterocycles. The van der Waals surface area contributed by atoms with E-state index in [-0.39, 0.29) is 31.3 Å². The van der Waals surface area contributed by atoms with E-state index in [2.05, 4.69) is 5.32 Å². The standard InChI is InChI=1S/C14H24F3N3O2/c1-10(14(15,16)17)19-6-8-20(9-7-19)13(22)18-11-2-4-12(21)5-3-11/h10-12,21H,2-9H2,1H3,(H,18,22). The number of alkyl halides is 3. The fourth-order valence-corrected chi connectivity index (χ4v) is 3.01. The van der Waals surface area contributed by atoms with Gasteiger partial charge in [0.2, 0.25) is 0 Å². The second kappa shape index (κ2) is 7.04. The molecule has 1 atom stereocenters. The number of piperazine rings is 1. The number of urea groups is 1. The molecular weight excluding hydrogens is 299 g/mol. The van der Waals surface area contributed by atoms with E-state index >= 15 is 0 Å². The van der Waals surface area contributed by atoms with E-state index in [0.29, 0.717) is 25.9 Å². The highest BCUT2D eigenvalue weighted by molar-refractivity contribution is 5.74. The number of aliphatic hydroxyl groups excluding tert-OH is 1. The van der Waals surface area contributed by atoms with Crippen LogP contribution in [0.4, 0.5) is 18.0 Å². The van der Waals surface area contributed by atoms with Crippen molar-refractivity contribution in [3.63, 3.8) is 0 Å². The summed E-state index contributed by atoms with van der Waals surface area (Å²) in [5.74, 6) is 0. The Morgan fingerprint density at radius 2 is 1.68 bits per heavy atom. The summed E-state index contributed by atoms with van der Waals surface area (Å²) >= 11 is 0. The van der Waals surface area contributed by atoms with Crippen molar-refractivity contribution < 1.29 is 23.1 Å². The van der Waals surface area contributed by atoms with Crippen molar-refractivity contribution >= 4 is 6.03 Å². The van der Waals surface area contributed by atoms with Crippen LogP contribution < -0.4 is 5.32 Å². The van der Waals surface area contributed by atoms with Gasteiger partial charge in [0, 0.05) is 32.2 Å². The van der Waals surface area contributed by atoms with Crippen molar-refractivity contribution in [1.82, 2.24) is 15.1 Å². The van der Waals surface area contributed by atoms with Gasteiger partial charge in [-0.3, -0.25) is 4.90 Å². The zero-order chi connectivity index (χ0) is 16.3. The molecule has 2 amide bonds. The van der Waals surface area contributed by atoms with Gasteiger partial charge in [0.15, 0.2) is 0 Å². The van der Waals surface area contributed by atoms with Crippen molar-refractivity contribution in [2.75, 3.05) is 26.2 Å². The largest absolute Gasteiger partial charge is 0.403 e. The number of hydrogen-bond donors (Lipinski definition) is 2. The molecule has 1 aliphatic heterocycles. The zero-order valence-corrected chi connectivity index (χ0v) is 12.8. The number of rotatable bonds is 2. The van der Waals surface area contributed by atoms with E-state index in [1.165, 1.54) is 4.90 Å². The van der Waals surface area contributed by atoms with E-state index in [0.717, 1.165) is 19.8 Å². The second-order valence-electron chi connectivity index (χ2n) is 6.20. The molecule has 1 unspecified atom stereocenters. The third-order valence-electron chi connectivity index (χ3n) is 4.65. The molecule has 2 N–H and O–H groups in total. The molecule has 0 aromatic carbocycles. The van der Waals surface area contributed by atoms with E-state index < -0.39 is 12.2 Å². The highest BCUT2D eigenvalue weighted by atomic mass is 19.4. The maximum Gasteiger partial charge on any atom is 0.403 e. The number of aliphatic hydroxyl groups is 1. The zero-order valence-electron chi connectivity index (χ0n) is 12.8. The van der Waals surface area contributed by atoms with Gasteiger partial charge in [-0.15, -0.1) is 0 Å². The monoisotopic (exact) mass is 323 g/mol. The van der Waals surface area contributed by atoms with Crippen molar-refractivity contribution in [3.8, 4) is 0 Å². The third kappa shape index (κ3) is 4.49. The molecule has 1 aliphatic carbocycles.